The van der Waals surface area contributed by atoms with E-state index in [1.54, 1.807) is 6.07 Å². The number of aromatic amines is 1. The summed E-state index contributed by atoms with van der Waals surface area (Å²) >= 11 is 0. The Morgan fingerprint density at radius 2 is 1.88 bits per heavy atom. The second-order valence-corrected chi connectivity index (χ2v) is 4.24. The Morgan fingerprint density at radius 3 is 2.76 bits per heavy atom. The van der Waals surface area contributed by atoms with Crippen LogP contribution >= 0.6 is 0 Å². The van der Waals surface area contributed by atoms with Crippen molar-refractivity contribution < 1.29 is 4.39 Å². The van der Waals surface area contributed by atoms with Crippen LogP contribution in [-0.4, -0.2) is 4.98 Å². The lowest BCUT2D eigenvalue weighted by molar-refractivity contribution is 0.628. The minimum absolute atomic E-state index is 0.195. The molecular formula is C15H12FN. The maximum Gasteiger partial charge on any atom is 0.123 e. The van der Waals surface area contributed by atoms with Gasteiger partial charge in [0.25, 0.3) is 0 Å². The van der Waals surface area contributed by atoms with Gasteiger partial charge in [-0.05, 0) is 59.3 Å². The van der Waals surface area contributed by atoms with Crippen LogP contribution in [0.15, 0.2) is 48.7 Å². The summed E-state index contributed by atoms with van der Waals surface area (Å²) < 4.78 is 13.3. The molecule has 1 heterocycles. The van der Waals surface area contributed by atoms with Gasteiger partial charge in [-0.2, -0.15) is 0 Å². The Labute approximate surface area is 98.9 Å². The van der Waals surface area contributed by atoms with Gasteiger partial charge >= 0.3 is 0 Å². The second-order valence-electron chi connectivity index (χ2n) is 4.24. The molecular weight excluding hydrogens is 213 g/mol. The SMILES string of the molecule is Cc1ccc(F)cc1-c1ccc2[nH]ccc2c1. The van der Waals surface area contributed by atoms with E-state index in [1.165, 1.54) is 6.07 Å². The molecule has 0 radical (unpaired) electrons. The molecule has 0 fully saturated rings. The summed E-state index contributed by atoms with van der Waals surface area (Å²) in [5.74, 6) is -0.195. The van der Waals surface area contributed by atoms with E-state index in [0.29, 0.717) is 0 Å². The van der Waals surface area contributed by atoms with Gasteiger partial charge in [0.1, 0.15) is 5.82 Å². The highest BCUT2D eigenvalue weighted by atomic mass is 19.1. The number of aryl methyl sites for hydroxylation is 1. The number of nitrogens with one attached hydrogen (secondary N) is 1. The smallest absolute Gasteiger partial charge is 0.123 e. The molecule has 0 unspecified atom stereocenters. The van der Waals surface area contributed by atoms with E-state index in [9.17, 15) is 4.39 Å². The molecule has 2 heteroatoms. The van der Waals surface area contributed by atoms with Crippen molar-refractivity contribution >= 4 is 10.9 Å². The molecule has 0 saturated carbocycles. The van der Waals surface area contributed by atoms with Gasteiger partial charge in [0.15, 0.2) is 0 Å². The van der Waals surface area contributed by atoms with Crippen LogP contribution in [0.3, 0.4) is 0 Å². The van der Waals surface area contributed by atoms with Crippen molar-refractivity contribution in [2.75, 3.05) is 0 Å². The summed E-state index contributed by atoms with van der Waals surface area (Å²) in [5, 5.41) is 1.14. The zero-order valence-corrected chi connectivity index (χ0v) is 9.50. The molecule has 1 N–H and O–H groups in total. The third-order valence-electron chi connectivity index (χ3n) is 3.06. The Hall–Kier alpha value is -2.09. The molecule has 1 aromatic heterocycles. The van der Waals surface area contributed by atoms with Crippen LogP contribution in [0.1, 0.15) is 5.56 Å². The van der Waals surface area contributed by atoms with E-state index in [2.05, 4.69) is 11.1 Å². The molecule has 0 aliphatic heterocycles. The van der Waals surface area contributed by atoms with Crippen molar-refractivity contribution in [1.29, 1.82) is 0 Å². The normalized spacial score (nSPS) is 10.9. The van der Waals surface area contributed by atoms with E-state index in [-0.39, 0.29) is 5.82 Å². The van der Waals surface area contributed by atoms with Crippen molar-refractivity contribution in [2.24, 2.45) is 0 Å². The third-order valence-corrected chi connectivity index (χ3v) is 3.06. The summed E-state index contributed by atoms with van der Waals surface area (Å²) in [6.07, 6.45) is 1.91. The number of H-pyrrole nitrogens is 1. The maximum absolute atomic E-state index is 13.3. The monoisotopic (exact) mass is 225 g/mol. The number of aromatic nitrogens is 1. The van der Waals surface area contributed by atoms with Gasteiger partial charge < -0.3 is 4.98 Å². The zero-order valence-electron chi connectivity index (χ0n) is 9.50. The molecule has 0 spiro atoms. The van der Waals surface area contributed by atoms with Crippen LogP contribution in [0.25, 0.3) is 22.0 Å². The predicted molar refractivity (Wildman–Crippen MR) is 68.4 cm³/mol. The topological polar surface area (TPSA) is 15.8 Å². The van der Waals surface area contributed by atoms with E-state index in [1.807, 2.05) is 37.4 Å². The second kappa shape index (κ2) is 3.74. The molecule has 3 rings (SSSR count). The molecule has 84 valence electrons. The molecule has 0 aliphatic carbocycles. The molecule has 17 heavy (non-hydrogen) atoms. The van der Waals surface area contributed by atoms with Crippen LogP contribution in [0, 0.1) is 12.7 Å². The van der Waals surface area contributed by atoms with Crippen molar-refractivity contribution in [1.82, 2.24) is 4.98 Å². The van der Waals surface area contributed by atoms with Gasteiger partial charge in [-0.25, -0.2) is 4.39 Å². The van der Waals surface area contributed by atoms with E-state index in [4.69, 9.17) is 0 Å². The van der Waals surface area contributed by atoms with Gasteiger partial charge in [-0.15, -0.1) is 0 Å². The fourth-order valence-corrected chi connectivity index (χ4v) is 2.13. The minimum Gasteiger partial charge on any atom is -0.361 e. The molecule has 0 aliphatic rings. The largest absolute Gasteiger partial charge is 0.361 e. The first kappa shape index (κ1) is 10.1. The fourth-order valence-electron chi connectivity index (χ4n) is 2.13. The number of hydrogen-bond donors (Lipinski definition) is 1. The van der Waals surface area contributed by atoms with E-state index >= 15 is 0 Å². The van der Waals surface area contributed by atoms with Gasteiger partial charge in [-0.3, -0.25) is 0 Å². The summed E-state index contributed by atoms with van der Waals surface area (Å²) in [4.78, 5) is 3.15. The highest BCUT2D eigenvalue weighted by molar-refractivity contribution is 5.85. The van der Waals surface area contributed by atoms with Crippen LogP contribution in [0.2, 0.25) is 0 Å². The highest BCUT2D eigenvalue weighted by Crippen LogP contribution is 2.27. The standard InChI is InChI=1S/C15H12FN/c1-10-2-4-13(16)9-14(10)11-3-5-15-12(8-11)6-7-17-15/h2-9,17H,1H3. The number of fused-ring (bicyclic) bond motifs is 1. The van der Waals surface area contributed by atoms with Gasteiger partial charge in [0.2, 0.25) is 0 Å². The summed E-state index contributed by atoms with van der Waals surface area (Å²) in [6, 6.07) is 13.0. The minimum atomic E-state index is -0.195. The molecule has 0 amide bonds. The molecule has 3 aromatic rings. The number of hydrogen-bond acceptors (Lipinski definition) is 0. The van der Waals surface area contributed by atoms with Crippen LogP contribution in [0.4, 0.5) is 4.39 Å². The van der Waals surface area contributed by atoms with Crippen LogP contribution in [-0.2, 0) is 0 Å². The Balaban J connectivity index is 2.22. The van der Waals surface area contributed by atoms with Crippen molar-refractivity contribution in [3.63, 3.8) is 0 Å². The van der Waals surface area contributed by atoms with Gasteiger partial charge in [0, 0.05) is 11.7 Å². The predicted octanol–water partition coefficient (Wildman–Crippen LogP) is 4.28. The lowest BCUT2D eigenvalue weighted by Gasteiger charge is -2.06. The number of benzene rings is 2. The highest BCUT2D eigenvalue weighted by Gasteiger charge is 2.04. The maximum atomic E-state index is 13.3. The fraction of sp³-hybridized carbons (Fsp3) is 0.0667. The zero-order chi connectivity index (χ0) is 11.8. The van der Waals surface area contributed by atoms with Crippen LogP contribution < -0.4 is 0 Å². The summed E-state index contributed by atoms with van der Waals surface area (Å²) in [5.41, 5.74) is 4.19. The Kier molecular flexibility index (Phi) is 2.22. The molecule has 2 aromatic carbocycles. The number of rotatable bonds is 1. The first-order valence-electron chi connectivity index (χ1n) is 5.58. The van der Waals surface area contributed by atoms with Crippen LogP contribution in [0.5, 0.6) is 0 Å². The third kappa shape index (κ3) is 1.72. The van der Waals surface area contributed by atoms with E-state index < -0.39 is 0 Å². The molecule has 0 bridgehead atoms. The van der Waals surface area contributed by atoms with Gasteiger partial charge in [0.05, 0.1) is 0 Å². The Morgan fingerprint density at radius 1 is 1.00 bits per heavy atom. The first-order chi connectivity index (χ1) is 8.24. The molecule has 1 nitrogen and oxygen atoms in total. The average Bonchev–Trinajstić information content (AvgIpc) is 2.79. The van der Waals surface area contributed by atoms with Crippen molar-refractivity contribution in [3.05, 3.63) is 60.0 Å². The lowest BCUT2D eigenvalue weighted by Crippen LogP contribution is -1.85. The first-order valence-corrected chi connectivity index (χ1v) is 5.58. The lowest BCUT2D eigenvalue weighted by atomic mass is 9.99. The molecule has 0 saturated heterocycles. The van der Waals surface area contributed by atoms with Crippen molar-refractivity contribution in [3.8, 4) is 11.1 Å². The number of halogens is 1. The quantitative estimate of drug-likeness (QED) is 0.636. The Bertz CT molecular complexity index is 682. The summed E-state index contributed by atoms with van der Waals surface area (Å²) in [7, 11) is 0. The van der Waals surface area contributed by atoms with Gasteiger partial charge in [-0.1, -0.05) is 12.1 Å². The average molecular weight is 225 g/mol. The van der Waals surface area contributed by atoms with Crippen molar-refractivity contribution in [2.45, 2.75) is 6.92 Å². The molecule has 0 atom stereocenters. The van der Waals surface area contributed by atoms with E-state index in [0.717, 1.165) is 27.6 Å². The summed E-state index contributed by atoms with van der Waals surface area (Å²) in [6.45, 7) is 2.00.